The van der Waals surface area contributed by atoms with Crippen LogP contribution in [0.3, 0.4) is 0 Å². The van der Waals surface area contributed by atoms with Crippen molar-refractivity contribution in [2.24, 2.45) is 0 Å². The Hall–Kier alpha value is -0.830. The third-order valence-electron chi connectivity index (χ3n) is 2.01. The summed E-state index contributed by atoms with van der Waals surface area (Å²) in [6.07, 6.45) is 3.60. The number of hydrogen-bond donors (Lipinski definition) is 0. The Morgan fingerprint density at radius 1 is 1.40 bits per heavy atom. The van der Waals surface area contributed by atoms with E-state index in [0.717, 1.165) is 23.7 Å². The van der Waals surface area contributed by atoms with Crippen molar-refractivity contribution < 1.29 is 9.53 Å². The first-order valence-electron chi connectivity index (χ1n) is 5.18. The van der Waals surface area contributed by atoms with Crippen molar-refractivity contribution in [2.45, 2.75) is 32.6 Å². The van der Waals surface area contributed by atoms with Gasteiger partial charge in [0, 0.05) is 10.9 Å². The van der Waals surface area contributed by atoms with Crippen molar-refractivity contribution in [1.82, 2.24) is 0 Å². The van der Waals surface area contributed by atoms with Crippen LogP contribution in [0.15, 0.2) is 28.7 Å². The molecule has 0 N–H and O–H groups in total. The molecule has 0 spiro atoms. The Balaban J connectivity index is 2.37. The minimum absolute atomic E-state index is 0.151. The predicted octanol–water partition coefficient (Wildman–Crippen LogP) is 3.93. The molecule has 0 heterocycles. The van der Waals surface area contributed by atoms with Crippen LogP contribution >= 0.6 is 15.9 Å². The van der Waals surface area contributed by atoms with E-state index in [9.17, 15) is 4.79 Å². The Labute approximate surface area is 98.8 Å². The van der Waals surface area contributed by atoms with Gasteiger partial charge in [0.25, 0.3) is 0 Å². The van der Waals surface area contributed by atoms with Gasteiger partial charge in [-0.15, -0.1) is 0 Å². The number of carbonyl (C=O) groups is 1. The molecule has 0 saturated carbocycles. The topological polar surface area (TPSA) is 26.3 Å². The summed E-state index contributed by atoms with van der Waals surface area (Å²) < 4.78 is 6.09. The number of carbonyl (C=O) groups excluding carboxylic acids is 1. The zero-order valence-electron chi connectivity index (χ0n) is 8.83. The molecule has 1 rings (SSSR count). The molecule has 3 heteroatoms. The number of ether oxygens (including phenoxy) is 1. The fourth-order valence-corrected chi connectivity index (χ4v) is 1.61. The molecule has 82 valence electrons. The molecule has 0 bridgehead atoms. The van der Waals surface area contributed by atoms with Gasteiger partial charge in [-0.2, -0.15) is 0 Å². The fourth-order valence-electron chi connectivity index (χ4n) is 1.23. The number of halogens is 1. The SMILES string of the molecule is CCCCCC(=O)Oc1cccc(Br)c1. The zero-order chi connectivity index (χ0) is 11.1. The molecule has 15 heavy (non-hydrogen) atoms. The van der Waals surface area contributed by atoms with E-state index >= 15 is 0 Å². The van der Waals surface area contributed by atoms with Crippen LogP contribution in [0.4, 0.5) is 0 Å². The number of rotatable bonds is 5. The first-order valence-corrected chi connectivity index (χ1v) is 5.98. The molecule has 0 saturated heterocycles. The molecule has 0 aliphatic heterocycles. The van der Waals surface area contributed by atoms with Gasteiger partial charge >= 0.3 is 5.97 Å². The van der Waals surface area contributed by atoms with Crippen LogP contribution in [0.1, 0.15) is 32.6 Å². The standard InChI is InChI=1S/C12H15BrO2/c1-2-3-4-8-12(14)15-11-7-5-6-10(13)9-11/h5-7,9H,2-4,8H2,1H3. The van der Waals surface area contributed by atoms with E-state index in [0.29, 0.717) is 12.2 Å². The first kappa shape index (κ1) is 12.2. The monoisotopic (exact) mass is 270 g/mol. The maximum atomic E-state index is 11.4. The van der Waals surface area contributed by atoms with Crippen molar-refractivity contribution in [3.05, 3.63) is 28.7 Å². The summed E-state index contributed by atoms with van der Waals surface area (Å²) in [6.45, 7) is 2.11. The Morgan fingerprint density at radius 2 is 2.20 bits per heavy atom. The smallest absolute Gasteiger partial charge is 0.311 e. The average Bonchev–Trinajstić information content (AvgIpc) is 2.18. The summed E-state index contributed by atoms with van der Waals surface area (Å²) >= 11 is 3.32. The molecular formula is C12H15BrO2. The highest BCUT2D eigenvalue weighted by Crippen LogP contribution is 2.18. The zero-order valence-corrected chi connectivity index (χ0v) is 10.4. The predicted molar refractivity (Wildman–Crippen MR) is 63.9 cm³/mol. The molecule has 0 unspecified atom stereocenters. The highest BCUT2D eigenvalue weighted by atomic mass is 79.9. The van der Waals surface area contributed by atoms with Gasteiger partial charge in [0.05, 0.1) is 0 Å². The van der Waals surface area contributed by atoms with E-state index in [1.54, 1.807) is 12.1 Å². The summed E-state index contributed by atoms with van der Waals surface area (Å²) in [6, 6.07) is 7.31. The lowest BCUT2D eigenvalue weighted by atomic mass is 10.2. The summed E-state index contributed by atoms with van der Waals surface area (Å²) in [5, 5.41) is 0. The van der Waals surface area contributed by atoms with E-state index in [-0.39, 0.29) is 5.97 Å². The van der Waals surface area contributed by atoms with Crippen LogP contribution in [0.2, 0.25) is 0 Å². The number of unbranched alkanes of at least 4 members (excludes halogenated alkanes) is 2. The van der Waals surface area contributed by atoms with Gasteiger partial charge in [-0.05, 0) is 24.6 Å². The van der Waals surface area contributed by atoms with Crippen LogP contribution < -0.4 is 4.74 Å². The second-order valence-electron chi connectivity index (χ2n) is 3.39. The summed E-state index contributed by atoms with van der Waals surface area (Å²) in [5.74, 6) is 0.451. The Kier molecular flexibility index (Phi) is 5.40. The van der Waals surface area contributed by atoms with Crippen molar-refractivity contribution >= 4 is 21.9 Å². The third kappa shape index (κ3) is 4.98. The molecule has 0 aliphatic carbocycles. The van der Waals surface area contributed by atoms with Gasteiger partial charge in [-0.1, -0.05) is 41.8 Å². The highest BCUT2D eigenvalue weighted by molar-refractivity contribution is 9.10. The first-order chi connectivity index (χ1) is 7.22. The van der Waals surface area contributed by atoms with Gasteiger partial charge in [-0.3, -0.25) is 4.79 Å². The van der Waals surface area contributed by atoms with Gasteiger partial charge in [0.15, 0.2) is 0 Å². The lowest BCUT2D eigenvalue weighted by Crippen LogP contribution is -2.07. The van der Waals surface area contributed by atoms with Crippen molar-refractivity contribution in [1.29, 1.82) is 0 Å². The maximum absolute atomic E-state index is 11.4. The van der Waals surface area contributed by atoms with Crippen molar-refractivity contribution in [3.8, 4) is 5.75 Å². The van der Waals surface area contributed by atoms with Crippen molar-refractivity contribution in [3.63, 3.8) is 0 Å². The quantitative estimate of drug-likeness (QED) is 0.460. The van der Waals surface area contributed by atoms with Crippen LogP contribution in [0, 0.1) is 0 Å². The number of hydrogen-bond acceptors (Lipinski definition) is 2. The van der Waals surface area contributed by atoms with E-state index < -0.39 is 0 Å². The van der Waals surface area contributed by atoms with E-state index in [1.165, 1.54) is 0 Å². The second kappa shape index (κ2) is 6.62. The van der Waals surface area contributed by atoms with E-state index in [2.05, 4.69) is 22.9 Å². The lowest BCUT2D eigenvalue weighted by molar-refractivity contribution is -0.134. The average molecular weight is 271 g/mol. The number of esters is 1. The van der Waals surface area contributed by atoms with Crippen molar-refractivity contribution in [2.75, 3.05) is 0 Å². The van der Waals surface area contributed by atoms with Crippen LogP contribution in [0.25, 0.3) is 0 Å². The molecule has 0 aromatic heterocycles. The molecular weight excluding hydrogens is 256 g/mol. The normalized spacial score (nSPS) is 10.0. The molecule has 1 aromatic rings. The van der Waals surface area contributed by atoms with Crippen LogP contribution in [0.5, 0.6) is 5.75 Å². The third-order valence-corrected chi connectivity index (χ3v) is 2.51. The Bertz CT molecular complexity index is 323. The van der Waals surface area contributed by atoms with Gasteiger partial charge < -0.3 is 4.74 Å². The van der Waals surface area contributed by atoms with Gasteiger partial charge in [0.2, 0.25) is 0 Å². The van der Waals surface area contributed by atoms with E-state index in [4.69, 9.17) is 4.74 Å². The molecule has 0 amide bonds. The molecule has 1 aromatic carbocycles. The molecule has 0 atom stereocenters. The molecule has 2 nitrogen and oxygen atoms in total. The Morgan fingerprint density at radius 3 is 2.87 bits per heavy atom. The van der Waals surface area contributed by atoms with Crippen LogP contribution in [-0.2, 0) is 4.79 Å². The number of benzene rings is 1. The lowest BCUT2D eigenvalue weighted by Gasteiger charge is -2.03. The molecule has 0 aliphatic rings. The summed E-state index contributed by atoms with van der Waals surface area (Å²) in [5.41, 5.74) is 0. The minimum atomic E-state index is -0.151. The van der Waals surface area contributed by atoms with Gasteiger partial charge in [-0.25, -0.2) is 0 Å². The van der Waals surface area contributed by atoms with Crippen LogP contribution in [-0.4, -0.2) is 5.97 Å². The summed E-state index contributed by atoms with van der Waals surface area (Å²) in [4.78, 5) is 11.4. The maximum Gasteiger partial charge on any atom is 0.311 e. The minimum Gasteiger partial charge on any atom is -0.426 e. The largest absolute Gasteiger partial charge is 0.426 e. The molecule has 0 radical (unpaired) electrons. The highest BCUT2D eigenvalue weighted by Gasteiger charge is 2.04. The second-order valence-corrected chi connectivity index (χ2v) is 4.30. The van der Waals surface area contributed by atoms with E-state index in [1.807, 2.05) is 12.1 Å². The van der Waals surface area contributed by atoms with Gasteiger partial charge in [0.1, 0.15) is 5.75 Å². The molecule has 0 fully saturated rings. The fraction of sp³-hybridized carbons (Fsp3) is 0.417. The summed E-state index contributed by atoms with van der Waals surface area (Å²) in [7, 11) is 0.